The second-order valence-electron chi connectivity index (χ2n) is 0.953. The van der Waals surface area contributed by atoms with Crippen molar-refractivity contribution >= 4 is 41.8 Å². The van der Waals surface area contributed by atoms with E-state index in [0.29, 0.717) is 0 Å². The van der Waals surface area contributed by atoms with Crippen LogP contribution < -0.4 is 5.84 Å². The molecule has 0 atom stereocenters. The topological polar surface area (TPSA) is 72.5 Å². The number of hydrogen-bond donors (Lipinski definition) is 2. The van der Waals surface area contributed by atoms with Gasteiger partial charge in [-0.05, 0) is 17.4 Å². The Bertz CT molecular complexity index is 200. The minimum Gasteiger partial charge on any atom is -0.321 e. The van der Waals surface area contributed by atoms with Crippen molar-refractivity contribution in [1.29, 1.82) is 0 Å². The molecule has 0 aliphatic heterocycles. The van der Waals surface area contributed by atoms with Crippen LogP contribution in [0.25, 0.3) is 0 Å². The van der Waals surface area contributed by atoms with E-state index in [1.54, 1.807) is 0 Å². The van der Waals surface area contributed by atoms with Gasteiger partial charge in [-0.15, -0.1) is 0 Å². The molecule has 1 heterocycles. The van der Waals surface area contributed by atoms with Gasteiger partial charge in [0.15, 0.2) is 0 Å². The molecule has 1 rings (SSSR count). The number of aromatic nitrogens is 4. The molecule has 5 nitrogen and oxygen atoms in total. The number of hydrogen-bond acceptors (Lipinski definition) is 4. The third-order valence-electron chi connectivity index (χ3n) is 0.494. The van der Waals surface area contributed by atoms with Crippen LogP contribution in [0.4, 0.5) is 0 Å². The van der Waals surface area contributed by atoms with Crippen LogP contribution in [0.1, 0.15) is 0 Å². The van der Waals surface area contributed by atoms with Crippen LogP contribution >= 0.6 is 12.2 Å². The Morgan fingerprint density at radius 1 is 1.75 bits per heavy atom. The Morgan fingerprint density at radius 2 is 2.38 bits per heavy atom. The van der Waals surface area contributed by atoms with Crippen LogP contribution in [0.5, 0.6) is 0 Å². The molecule has 7 heteroatoms. The molecule has 0 amide bonds. The molecule has 1 aromatic heterocycles. The summed E-state index contributed by atoms with van der Waals surface area (Å²) in [6.07, 6.45) is 0. The van der Waals surface area contributed by atoms with Gasteiger partial charge >= 0.3 is 0 Å². The van der Waals surface area contributed by atoms with E-state index in [-0.39, 0.29) is 34.3 Å². The first kappa shape index (κ1) is 8.09. The molecule has 39 valence electrons. The Labute approximate surface area is 72.5 Å². The molecular formula is CH3N5NaS. The second-order valence-corrected chi connectivity index (χ2v) is 1.32. The molecule has 0 bridgehead atoms. The quantitative estimate of drug-likeness (QED) is 0.266. The Hall–Kier alpha value is 0.0900. The van der Waals surface area contributed by atoms with Gasteiger partial charge in [-0.1, -0.05) is 5.10 Å². The van der Waals surface area contributed by atoms with E-state index in [1.165, 1.54) is 0 Å². The number of nitrogens with two attached hydrogens (primary N) is 1. The van der Waals surface area contributed by atoms with E-state index < -0.39 is 0 Å². The molecule has 0 unspecified atom stereocenters. The van der Waals surface area contributed by atoms with Crippen molar-refractivity contribution in [1.82, 2.24) is 20.3 Å². The third-order valence-corrected chi connectivity index (χ3v) is 0.772. The first-order valence-electron chi connectivity index (χ1n) is 1.56. The van der Waals surface area contributed by atoms with Crippen molar-refractivity contribution in [2.24, 2.45) is 0 Å². The molecule has 0 saturated carbocycles. The number of nitrogens with one attached hydrogen (secondary N) is 1. The smallest absolute Gasteiger partial charge is 0.258 e. The largest absolute Gasteiger partial charge is 0.321 e. The van der Waals surface area contributed by atoms with E-state index in [1.807, 2.05) is 0 Å². The van der Waals surface area contributed by atoms with Crippen LogP contribution in [0.15, 0.2) is 0 Å². The van der Waals surface area contributed by atoms with Gasteiger partial charge in [0.25, 0.3) is 4.77 Å². The van der Waals surface area contributed by atoms with Gasteiger partial charge in [0.1, 0.15) is 0 Å². The molecule has 0 saturated heterocycles. The van der Waals surface area contributed by atoms with Crippen molar-refractivity contribution in [3.63, 3.8) is 0 Å². The van der Waals surface area contributed by atoms with Gasteiger partial charge in [-0.25, -0.2) is 0 Å². The zero-order valence-corrected chi connectivity index (χ0v) is 7.14. The summed E-state index contributed by atoms with van der Waals surface area (Å²) in [6.45, 7) is 0. The normalized spacial score (nSPS) is 8.00. The summed E-state index contributed by atoms with van der Waals surface area (Å²) in [7, 11) is 0. The van der Waals surface area contributed by atoms with Gasteiger partial charge in [0.2, 0.25) is 0 Å². The van der Waals surface area contributed by atoms with Crippen molar-refractivity contribution in [3.8, 4) is 0 Å². The zero-order chi connectivity index (χ0) is 5.28. The summed E-state index contributed by atoms with van der Waals surface area (Å²) in [5.74, 6) is 5.07. The molecule has 0 aliphatic carbocycles. The molecule has 0 aliphatic rings. The number of rotatable bonds is 0. The molecule has 0 aromatic carbocycles. The van der Waals surface area contributed by atoms with Crippen LogP contribution in [0.2, 0.25) is 0 Å². The Kier molecular flexibility index (Phi) is 3.22. The summed E-state index contributed by atoms with van der Waals surface area (Å²) in [5, 5.41) is 8.94. The van der Waals surface area contributed by atoms with Gasteiger partial charge in [0, 0.05) is 29.6 Å². The number of tetrazole rings is 1. The summed E-state index contributed by atoms with van der Waals surface area (Å²) in [5.41, 5.74) is 0. The fourth-order valence-electron chi connectivity index (χ4n) is 0.204. The molecule has 0 spiro atoms. The van der Waals surface area contributed by atoms with E-state index in [4.69, 9.17) is 5.84 Å². The first-order chi connectivity index (χ1) is 3.30. The number of aromatic amines is 1. The van der Waals surface area contributed by atoms with Gasteiger partial charge in [-0.3, -0.25) is 0 Å². The van der Waals surface area contributed by atoms with Crippen molar-refractivity contribution in [2.45, 2.75) is 0 Å². The van der Waals surface area contributed by atoms with E-state index >= 15 is 0 Å². The predicted molar refractivity (Wildman–Crippen MR) is 31.1 cm³/mol. The third kappa shape index (κ3) is 1.55. The average molecular weight is 140 g/mol. The molecule has 1 radical (unpaired) electrons. The van der Waals surface area contributed by atoms with Gasteiger partial charge in [-0.2, -0.15) is 10.0 Å². The SMILES string of the molecule is Nn1[nH]nnc1=S.[Na]. The van der Waals surface area contributed by atoms with E-state index in [0.717, 1.165) is 4.79 Å². The fraction of sp³-hybridized carbons (Fsp3) is 0. The molecule has 8 heavy (non-hydrogen) atoms. The maximum absolute atomic E-state index is 5.07. The number of nitrogen functional groups attached to an aromatic ring is 1. The van der Waals surface area contributed by atoms with Crippen molar-refractivity contribution in [3.05, 3.63) is 4.77 Å². The number of H-pyrrole nitrogens is 1. The summed E-state index contributed by atoms with van der Waals surface area (Å²) >= 11 is 4.52. The summed E-state index contributed by atoms with van der Waals surface area (Å²) in [4.78, 5) is 1.05. The summed E-state index contributed by atoms with van der Waals surface area (Å²) in [6, 6.07) is 0. The van der Waals surface area contributed by atoms with Gasteiger partial charge < -0.3 is 5.84 Å². The molecular weight excluding hydrogens is 137 g/mol. The van der Waals surface area contributed by atoms with Crippen LogP contribution in [-0.4, -0.2) is 49.9 Å². The maximum Gasteiger partial charge on any atom is 0.258 e. The standard InChI is InChI=1S/CH3N5S.Na/c2-6-1(7)3-4-5-6;/h2H2,(H,3,5,7);. The minimum atomic E-state index is 0. The van der Waals surface area contributed by atoms with Gasteiger partial charge in [0.05, 0.1) is 0 Å². The van der Waals surface area contributed by atoms with Crippen LogP contribution in [0, 0.1) is 4.77 Å². The molecule has 3 N–H and O–H groups in total. The van der Waals surface area contributed by atoms with E-state index in [9.17, 15) is 0 Å². The zero-order valence-electron chi connectivity index (χ0n) is 4.33. The van der Waals surface area contributed by atoms with Crippen molar-refractivity contribution < 1.29 is 0 Å². The minimum absolute atomic E-state index is 0. The monoisotopic (exact) mass is 140 g/mol. The predicted octanol–water partition coefficient (Wildman–Crippen LogP) is -1.33. The van der Waals surface area contributed by atoms with Crippen LogP contribution in [-0.2, 0) is 0 Å². The Morgan fingerprint density at radius 3 is 2.50 bits per heavy atom. The average Bonchev–Trinajstić information content (AvgIpc) is 1.91. The van der Waals surface area contributed by atoms with Crippen LogP contribution in [0.3, 0.4) is 0 Å². The maximum atomic E-state index is 5.07. The summed E-state index contributed by atoms with van der Waals surface area (Å²) < 4.78 is 0.250. The molecule has 1 aromatic rings. The second kappa shape index (κ2) is 3.18. The fourth-order valence-corrected chi connectivity index (χ4v) is 0.286. The van der Waals surface area contributed by atoms with E-state index in [2.05, 4.69) is 27.7 Å². The Balaban J connectivity index is 0.000000490. The number of nitrogens with zero attached hydrogens (tertiary/aromatic N) is 3. The van der Waals surface area contributed by atoms with Crippen molar-refractivity contribution in [2.75, 3.05) is 5.84 Å². The molecule has 0 fully saturated rings. The first-order valence-corrected chi connectivity index (χ1v) is 1.96.